The number of nitrogens with zero attached hydrogens (tertiary/aromatic N) is 1. The quantitative estimate of drug-likeness (QED) is 0.664. The van der Waals surface area contributed by atoms with Gasteiger partial charge in [-0.25, -0.2) is 0 Å². The Kier molecular flexibility index (Phi) is 8.01. The number of unbranched alkanes of at least 4 members (excludes halogenated alkanes) is 2. The summed E-state index contributed by atoms with van der Waals surface area (Å²) >= 11 is 6.41. The number of anilines is 1. The Bertz CT molecular complexity index is 391. The van der Waals surface area contributed by atoms with Crippen LogP contribution >= 0.6 is 11.6 Å². The fraction of sp³-hybridized carbons (Fsp3) is 0.647. The molecule has 1 rings (SSSR count). The molecule has 1 N–H and O–H groups in total. The first-order chi connectivity index (χ1) is 9.54. The zero-order valence-corrected chi connectivity index (χ0v) is 14.1. The molecule has 0 saturated carbocycles. The summed E-state index contributed by atoms with van der Waals surface area (Å²) in [6, 6.07) is 6.39. The molecular weight excluding hydrogens is 268 g/mol. The molecule has 0 aliphatic rings. The lowest BCUT2D eigenvalue weighted by Crippen LogP contribution is -2.20. The van der Waals surface area contributed by atoms with Gasteiger partial charge in [-0.15, -0.1) is 0 Å². The van der Waals surface area contributed by atoms with Crippen LogP contribution in [0.3, 0.4) is 0 Å². The smallest absolute Gasteiger partial charge is 0.0642 e. The molecule has 0 heterocycles. The van der Waals surface area contributed by atoms with Crippen LogP contribution < -0.4 is 10.2 Å². The van der Waals surface area contributed by atoms with Crippen molar-refractivity contribution in [2.75, 3.05) is 25.0 Å². The minimum absolute atomic E-state index is 0.675. The van der Waals surface area contributed by atoms with Crippen LogP contribution in [0.4, 0.5) is 5.69 Å². The fourth-order valence-corrected chi connectivity index (χ4v) is 2.54. The molecule has 0 saturated heterocycles. The van der Waals surface area contributed by atoms with Gasteiger partial charge in [-0.05, 0) is 36.6 Å². The van der Waals surface area contributed by atoms with E-state index in [4.69, 9.17) is 11.6 Å². The molecule has 0 unspecified atom stereocenters. The van der Waals surface area contributed by atoms with Crippen molar-refractivity contribution >= 4 is 17.3 Å². The molecular formula is C17H29ClN2. The third-order valence-corrected chi connectivity index (χ3v) is 3.70. The molecule has 0 atom stereocenters. The van der Waals surface area contributed by atoms with Crippen molar-refractivity contribution in [1.29, 1.82) is 0 Å². The van der Waals surface area contributed by atoms with Gasteiger partial charge in [0.05, 0.1) is 10.7 Å². The van der Waals surface area contributed by atoms with Gasteiger partial charge in [-0.1, -0.05) is 51.3 Å². The molecule has 0 aromatic heterocycles. The van der Waals surface area contributed by atoms with Crippen LogP contribution in [-0.4, -0.2) is 20.1 Å². The normalized spacial score (nSPS) is 11.1. The molecule has 0 aliphatic heterocycles. The highest BCUT2D eigenvalue weighted by Gasteiger charge is 2.07. The molecule has 3 heteroatoms. The predicted octanol–water partition coefficient (Wildman–Crippen LogP) is 4.71. The van der Waals surface area contributed by atoms with Gasteiger partial charge >= 0.3 is 0 Å². The fourth-order valence-electron chi connectivity index (χ4n) is 2.19. The first kappa shape index (κ1) is 17.3. The number of hydrogen-bond donors (Lipinski definition) is 1. The van der Waals surface area contributed by atoms with E-state index in [1.165, 1.54) is 24.8 Å². The molecule has 0 radical (unpaired) electrons. The van der Waals surface area contributed by atoms with Gasteiger partial charge in [-0.2, -0.15) is 0 Å². The van der Waals surface area contributed by atoms with Crippen LogP contribution in [0.25, 0.3) is 0 Å². The number of halogens is 1. The minimum Gasteiger partial charge on any atom is -0.373 e. The second kappa shape index (κ2) is 9.25. The van der Waals surface area contributed by atoms with Crippen LogP contribution in [0.1, 0.15) is 45.6 Å². The maximum absolute atomic E-state index is 6.41. The van der Waals surface area contributed by atoms with Crippen molar-refractivity contribution in [1.82, 2.24) is 5.32 Å². The van der Waals surface area contributed by atoms with Gasteiger partial charge in [-0.3, -0.25) is 0 Å². The third-order valence-electron chi connectivity index (χ3n) is 3.40. The number of hydrogen-bond acceptors (Lipinski definition) is 2. The molecule has 0 fully saturated rings. The average Bonchev–Trinajstić information content (AvgIpc) is 2.38. The second-order valence-corrected chi connectivity index (χ2v) is 6.35. The van der Waals surface area contributed by atoms with E-state index in [0.29, 0.717) is 5.92 Å². The van der Waals surface area contributed by atoms with Gasteiger partial charge < -0.3 is 10.2 Å². The second-order valence-electron chi connectivity index (χ2n) is 5.94. The summed E-state index contributed by atoms with van der Waals surface area (Å²) in [4.78, 5) is 2.25. The van der Waals surface area contributed by atoms with Crippen LogP contribution in [-0.2, 0) is 6.54 Å². The number of benzene rings is 1. The van der Waals surface area contributed by atoms with Crippen molar-refractivity contribution in [3.63, 3.8) is 0 Å². The minimum atomic E-state index is 0.675. The average molecular weight is 297 g/mol. The topological polar surface area (TPSA) is 15.3 Å². The van der Waals surface area contributed by atoms with Crippen molar-refractivity contribution in [2.24, 2.45) is 5.92 Å². The molecule has 0 amide bonds. The molecule has 0 spiro atoms. The van der Waals surface area contributed by atoms with Crippen LogP contribution in [0.2, 0.25) is 5.02 Å². The zero-order valence-electron chi connectivity index (χ0n) is 13.4. The van der Waals surface area contributed by atoms with Crippen LogP contribution in [0.15, 0.2) is 18.2 Å². The Labute approximate surface area is 129 Å². The molecule has 114 valence electrons. The molecule has 0 bridgehead atoms. The molecule has 20 heavy (non-hydrogen) atoms. The highest BCUT2D eigenvalue weighted by atomic mass is 35.5. The first-order valence-electron chi connectivity index (χ1n) is 7.74. The van der Waals surface area contributed by atoms with E-state index in [2.05, 4.69) is 56.2 Å². The predicted molar refractivity (Wildman–Crippen MR) is 90.8 cm³/mol. The summed E-state index contributed by atoms with van der Waals surface area (Å²) in [5, 5.41) is 4.30. The summed E-state index contributed by atoms with van der Waals surface area (Å²) in [7, 11) is 2.12. The summed E-state index contributed by atoms with van der Waals surface area (Å²) in [5.41, 5.74) is 2.39. The molecule has 0 aliphatic carbocycles. The lowest BCUT2D eigenvalue weighted by Gasteiger charge is -2.21. The zero-order chi connectivity index (χ0) is 15.0. The third kappa shape index (κ3) is 6.15. The van der Waals surface area contributed by atoms with Gasteiger partial charge in [0.2, 0.25) is 0 Å². The van der Waals surface area contributed by atoms with Gasteiger partial charge in [0.15, 0.2) is 0 Å². The Morgan fingerprint density at radius 3 is 2.60 bits per heavy atom. The van der Waals surface area contributed by atoms with E-state index in [1.54, 1.807) is 0 Å². The lowest BCUT2D eigenvalue weighted by atomic mass is 10.1. The van der Waals surface area contributed by atoms with E-state index in [-0.39, 0.29) is 0 Å². The summed E-state index contributed by atoms with van der Waals surface area (Å²) < 4.78 is 0. The lowest BCUT2D eigenvalue weighted by molar-refractivity contribution is 0.552. The first-order valence-corrected chi connectivity index (χ1v) is 8.12. The maximum atomic E-state index is 6.41. The van der Waals surface area contributed by atoms with E-state index in [1.807, 2.05) is 0 Å². The van der Waals surface area contributed by atoms with E-state index < -0.39 is 0 Å². The highest BCUT2D eigenvalue weighted by Crippen LogP contribution is 2.26. The summed E-state index contributed by atoms with van der Waals surface area (Å²) in [6.07, 6.45) is 3.75. The van der Waals surface area contributed by atoms with Gasteiger partial charge in [0, 0.05) is 20.1 Å². The summed E-state index contributed by atoms with van der Waals surface area (Å²) in [6.45, 7) is 9.65. The number of nitrogens with one attached hydrogen (secondary N) is 1. The van der Waals surface area contributed by atoms with Crippen LogP contribution in [0.5, 0.6) is 0 Å². The Morgan fingerprint density at radius 2 is 2.00 bits per heavy atom. The summed E-state index contributed by atoms with van der Waals surface area (Å²) in [5.74, 6) is 0.675. The Morgan fingerprint density at radius 1 is 1.25 bits per heavy atom. The van der Waals surface area contributed by atoms with Gasteiger partial charge in [0.1, 0.15) is 0 Å². The molecule has 2 nitrogen and oxygen atoms in total. The monoisotopic (exact) mass is 296 g/mol. The van der Waals surface area contributed by atoms with E-state index in [0.717, 1.165) is 30.3 Å². The van der Waals surface area contributed by atoms with E-state index >= 15 is 0 Å². The number of rotatable bonds is 9. The van der Waals surface area contributed by atoms with Crippen LogP contribution in [0, 0.1) is 5.92 Å². The molecule has 1 aromatic carbocycles. The van der Waals surface area contributed by atoms with Crippen molar-refractivity contribution in [3.05, 3.63) is 28.8 Å². The molecule has 1 aromatic rings. The van der Waals surface area contributed by atoms with E-state index in [9.17, 15) is 0 Å². The highest BCUT2D eigenvalue weighted by molar-refractivity contribution is 6.33. The maximum Gasteiger partial charge on any atom is 0.0642 e. The Balaban J connectivity index is 2.54. The van der Waals surface area contributed by atoms with Crippen molar-refractivity contribution in [2.45, 2.75) is 46.6 Å². The van der Waals surface area contributed by atoms with Crippen molar-refractivity contribution in [3.8, 4) is 0 Å². The van der Waals surface area contributed by atoms with Crippen molar-refractivity contribution < 1.29 is 0 Å². The largest absolute Gasteiger partial charge is 0.373 e. The van der Waals surface area contributed by atoms with Gasteiger partial charge in [0.25, 0.3) is 0 Å². The Hall–Kier alpha value is -0.730. The SMILES string of the molecule is CCCCCN(C)c1ccc(CNCC(C)C)cc1Cl. The standard InChI is InChI=1S/C17H29ClN2/c1-5-6-7-10-20(4)17-9-8-15(11-16(17)18)13-19-12-14(2)3/h8-9,11,14,19H,5-7,10,12-13H2,1-4H3.